The molecular formula is C25H25NO2. The van der Waals surface area contributed by atoms with E-state index in [1.54, 1.807) is 0 Å². The molecule has 0 radical (unpaired) electrons. The third-order valence-corrected chi connectivity index (χ3v) is 5.71. The molecule has 1 heterocycles. The maximum atomic E-state index is 12.9. The number of nitrogens with zero attached hydrogens (tertiary/aromatic N) is 1. The van der Waals surface area contributed by atoms with Crippen LogP contribution in [0.15, 0.2) is 91.0 Å². The number of rotatable bonds is 4. The minimum absolute atomic E-state index is 0.101. The first-order valence-electron chi connectivity index (χ1n) is 9.77. The Hall–Kier alpha value is -3.07. The molecule has 3 heteroatoms. The lowest BCUT2D eigenvalue weighted by molar-refractivity contribution is 0.0934. The van der Waals surface area contributed by atoms with E-state index in [1.807, 2.05) is 47.4 Å². The van der Waals surface area contributed by atoms with Crippen molar-refractivity contribution in [3.63, 3.8) is 0 Å². The van der Waals surface area contributed by atoms with E-state index in [0.29, 0.717) is 13.2 Å². The van der Waals surface area contributed by atoms with Crippen LogP contribution in [0.5, 0.6) is 0 Å². The molecule has 1 aliphatic rings. The van der Waals surface area contributed by atoms with Crippen molar-refractivity contribution in [3.8, 4) is 0 Å². The van der Waals surface area contributed by atoms with Crippen molar-refractivity contribution in [1.82, 2.24) is 4.90 Å². The van der Waals surface area contributed by atoms with Gasteiger partial charge in [-0.2, -0.15) is 0 Å². The van der Waals surface area contributed by atoms with Crippen molar-refractivity contribution in [3.05, 3.63) is 108 Å². The predicted molar refractivity (Wildman–Crippen MR) is 111 cm³/mol. The van der Waals surface area contributed by atoms with E-state index in [-0.39, 0.29) is 17.6 Å². The van der Waals surface area contributed by atoms with Crippen LogP contribution in [0.25, 0.3) is 0 Å². The van der Waals surface area contributed by atoms with Gasteiger partial charge in [0.25, 0.3) is 0 Å². The van der Waals surface area contributed by atoms with Crippen LogP contribution >= 0.6 is 0 Å². The van der Waals surface area contributed by atoms with E-state index < -0.39 is 0 Å². The fourth-order valence-electron chi connectivity index (χ4n) is 4.27. The summed E-state index contributed by atoms with van der Waals surface area (Å²) in [6.07, 6.45) is 0.631. The van der Waals surface area contributed by atoms with Crippen molar-refractivity contribution in [2.75, 3.05) is 6.54 Å². The Balaban J connectivity index is 1.59. The zero-order chi connectivity index (χ0) is 19.4. The molecule has 1 unspecified atom stereocenters. The molecule has 0 N–H and O–H groups in total. The van der Waals surface area contributed by atoms with Gasteiger partial charge in [0, 0.05) is 18.0 Å². The molecule has 28 heavy (non-hydrogen) atoms. The van der Waals surface area contributed by atoms with Crippen molar-refractivity contribution in [2.45, 2.75) is 31.4 Å². The van der Waals surface area contributed by atoms with Gasteiger partial charge >= 0.3 is 6.09 Å². The fourth-order valence-corrected chi connectivity index (χ4v) is 4.27. The number of carbonyl (C=O) groups excluding carboxylic acids is 1. The van der Waals surface area contributed by atoms with E-state index >= 15 is 0 Å². The second-order valence-corrected chi connectivity index (χ2v) is 7.54. The third kappa shape index (κ3) is 3.53. The number of hydrogen-bond donors (Lipinski definition) is 0. The summed E-state index contributed by atoms with van der Waals surface area (Å²) in [6.45, 7) is 3.03. The number of hydrogen-bond acceptors (Lipinski definition) is 2. The summed E-state index contributed by atoms with van der Waals surface area (Å²) in [7, 11) is 0. The minimum Gasteiger partial charge on any atom is -0.445 e. The second kappa shape index (κ2) is 7.89. The van der Waals surface area contributed by atoms with Crippen LogP contribution in [0.3, 0.4) is 0 Å². The summed E-state index contributed by atoms with van der Waals surface area (Å²) < 4.78 is 5.63. The molecule has 1 fully saturated rings. The Kier molecular flexibility index (Phi) is 5.16. The Morgan fingerprint density at radius 2 is 1.39 bits per heavy atom. The first-order valence-corrected chi connectivity index (χ1v) is 9.77. The Morgan fingerprint density at radius 3 is 1.93 bits per heavy atom. The van der Waals surface area contributed by atoms with Crippen molar-refractivity contribution >= 4 is 6.09 Å². The highest BCUT2D eigenvalue weighted by molar-refractivity contribution is 5.69. The molecule has 142 valence electrons. The molecule has 3 aromatic carbocycles. The number of carbonyl (C=O) groups is 1. The van der Waals surface area contributed by atoms with E-state index in [2.05, 4.69) is 55.5 Å². The first kappa shape index (κ1) is 18.3. The highest BCUT2D eigenvalue weighted by Crippen LogP contribution is 2.43. The standard InChI is InChI=1S/C25H25NO2/c1-20-17-25(22-13-7-3-8-14-22,23-15-9-4-10-16-23)19-26(20)24(27)28-18-21-11-5-2-6-12-21/h2-16,20H,17-19H2,1H3. The van der Waals surface area contributed by atoms with E-state index in [1.165, 1.54) is 11.1 Å². The molecule has 1 amide bonds. The van der Waals surface area contributed by atoms with Gasteiger partial charge in [0.2, 0.25) is 0 Å². The quantitative estimate of drug-likeness (QED) is 0.614. The minimum atomic E-state index is -0.245. The summed E-state index contributed by atoms with van der Waals surface area (Å²) in [5, 5.41) is 0. The van der Waals surface area contributed by atoms with E-state index in [0.717, 1.165) is 12.0 Å². The molecule has 0 spiro atoms. The molecular weight excluding hydrogens is 346 g/mol. The average molecular weight is 371 g/mol. The van der Waals surface area contributed by atoms with Crippen LogP contribution < -0.4 is 0 Å². The highest BCUT2D eigenvalue weighted by Gasteiger charge is 2.46. The Morgan fingerprint density at radius 1 is 0.893 bits per heavy atom. The van der Waals surface area contributed by atoms with Gasteiger partial charge in [-0.3, -0.25) is 0 Å². The number of ether oxygens (including phenoxy) is 1. The monoisotopic (exact) mass is 371 g/mol. The topological polar surface area (TPSA) is 29.5 Å². The van der Waals surface area contributed by atoms with E-state index in [4.69, 9.17) is 4.74 Å². The van der Waals surface area contributed by atoms with Gasteiger partial charge in [-0.25, -0.2) is 4.79 Å². The molecule has 1 atom stereocenters. The van der Waals surface area contributed by atoms with Gasteiger partial charge < -0.3 is 9.64 Å². The second-order valence-electron chi connectivity index (χ2n) is 7.54. The summed E-state index contributed by atoms with van der Waals surface area (Å²) >= 11 is 0. The zero-order valence-electron chi connectivity index (χ0n) is 16.1. The summed E-state index contributed by atoms with van der Waals surface area (Å²) in [5.74, 6) is 0. The molecule has 3 aromatic rings. The van der Waals surface area contributed by atoms with Crippen LogP contribution in [0, 0.1) is 0 Å². The predicted octanol–water partition coefficient (Wildman–Crippen LogP) is 5.40. The van der Waals surface area contributed by atoms with Crippen LogP contribution in [-0.4, -0.2) is 23.6 Å². The Labute approximate surface area is 166 Å². The lowest BCUT2D eigenvalue weighted by Crippen LogP contribution is -2.37. The van der Waals surface area contributed by atoms with Gasteiger partial charge in [0.05, 0.1) is 0 Å². The zero-order valence-corrected chi connectivity index (χ0v) is 16.1. The fraction of sp³-hybridized carbons (Fsp3) is 0.240. The lowest BCUT2D eigenvalue weighted by Gasteiger charge is -2.30. The summed E-state index contributed by atoms with van der Waals surface area (Å²) in [5.41, 5.74) is 3.27. The van der Waals surface area contributed by atoms with Crippen molar-refractivity contribution in [1.29, 1.82) is 0 Å². The summed E-state index contributed by atoms with van der Waals surface area (Å²) in [4.78, 5) is 14.8. The lowest BCUT2D eigenvalue weighted by atomic mass is 9.73. The largest absolute Gasteiger partial charge is 0.445 e. The first-order chi connectivity index (χ1) is 13.7. The van der Waals surface area contributed by atoms with Crippen LogP contribution in [0.4, 0.5) is 4.79 Å². The van der Waals surface area contributed by atoms with Crippen LogP contribution in [0.1, 0.15) is 30.0 Å². The smallest absolute Gasteiger partial charge is 0.410 e. The van der Waals surface area contributed by atoms with Crippen LogP contribution in [0.2, 0.25) is 0 Å². The maximum absolute atomic E-state index is 12.9. The molecule has 0 saturated carbocycles. The van der Waals surface area contributed by atoms with Crippen LogP contribution in [-0.2, 0) is 16.8 Å². The molecule has 1 saturated heterocycles. The molecule has 3 nitrogen and oxygen atoms in total. The number of benzene rings is 3. The normalized spacial score (nSPS) is 18.0. The van der Waals surface area contributed by atoms with Crippen molar-refractivity contribution in [2.24, 2.45) is 0 Å². The van der Waals surface area contributed by atoms with Crippen molar-refractivity contribution < 1.29 is 9.53 Å². The van der Waals surface area contributed by atoms with Gasteiger partial charge in [0.15, 0.2) is 0 Å². The van der Waals surface area contributed by atoms with Gasteiger partial charge in [-0.15, -0.1) is 0 Å². The Bertz CT molecular complexity index is 870. The highest BCUT2D eigenvalue weighted by atomic mass is 16.6. The number of amides is 1. The van der Waals surface area contributed by atoms with Gasteiger partial charge in [-0.05, 0) is 30.0 Å². The third-order valence-electron chi connectivity index (χ3n) is 5.71. The molecule has 4 rings (SSSR count). The molecule has 0 aliphatic carbocycles. The maximum Gasteiger partial charge on any atom is 0.410 e. The van der Waals surface area contributed by atoms with Gasteiger partial charge in [-0.1, -0.05) is 91.0 Å². The number of likely N-dealkylation sites (tertiary alicyclic amines) is 1. The molecule has 0 bridgehead atoms. The average Bonchev–Trinajstić information content (AvgIpc) is 3.13. The molecule has 0 aromatic heterocycles. The summed E-state index contributed by atoms with van der Waals surface area (Å²) in [6, 6.07) is 30.9. The van der Waals surface area contributed by atoms with E-state index in [9.17, 15) is 4.79 Å². The van der Waals surface area contributed by atoms with Gasteiger partial charge in [0.1, 0.15) is 6.61 Å². The molecule has 1 aliphatic heterocycles. The SMILES string of the molecule is CC1CC(c2ccccc2)(c2ccccc2)CN1C(=O)OCc1ccccc1.